The van der Waals surface area contributed by atoms with Crippen molar-refractivity contribution in [1.29, 1.82) is 0 Å². The SMILES string of the molecule is CCN1C[C@]2(COC)CC[C@H](O)[C@@]34[C@@H]2[C@@H](OC)[C@@H]([C@@H]13)[C@@]1(OC(=O)c2ccccc2)C[C@H](OC)[C@H]2C[C@]4(O)[C@@H]1[C@H]2O. The van der Waals surface area contributed by atoms with E-state index < -0.39 is 58.8 Å². The molecular weight excluding hydrogens is 514 g/mol. The Morgan fingerprint density at radius 3 is 2.48 bits per heavy atom. The molecule has 7 bridgehead atoms. The summed E-state index contributed by atoms with van der Waals surface area (Å²) in [6.07, 6.45) is -0.690. The number of esters is 1. The summed E-state index contributed by atoms with van der Waals surface area (Å²) in [7, 11) is 5.03. The summed E-state index contributed by atoms with van der Waals surface area (Å²) in [4.78, 5) is 16.3. The van der Waals surface area contributed by atoms with Crippen LogP contribution in [-0.4, -0.2) is 109 Å². The van der Waals surface area contributed by atoms with Gasteiger partial charge >= 0.3 is 5.97 Å². The molecule has 1 spiro atoms. The van der Waals surface area contributed by atoms with Crippen molar-refractivity contribution in [3.63, 3.8) is 0 Å². The topological polar surface area (TPSA) is 118 Å². The average molecular weight is 558 g/mol. The molecule has 7 rings (SSSR count). The molecule has 40 heavy (non-hydrogen) atoms. The summed E-state index contributed by atoms with van der Waals surface area (Å²) in [6, 6.07) is 8.59. The predicted octanol–water partition coefficient (Wildman–Crippen LogP) is 1.48. The van der Waals surface area contributed by atoms with Gasteiger partial charge in [-0.2, -0.15) is 0 Å². The van der Waals surface area contributed by atoms with Crippen LogP contribution in [0.5, 0.6) is 0 Å². The number of nitrogens with zero attached hydrogens (tertiary/aromatic N) is 1. The summed E-state index contributed by atoms with van der Waals surface area (Å²) < 4.78 is 25.0. The van der Waals surface area contributed by atoms with Gasteiger partial charge < -0.3 is 34.3 Å². The van der Waals surface area contributed by atoms with Crippen LogP contribution in [0.3, 0.4) is 0 Å². The Balaban J connectivity index is 1.51. The minimum atomic E-state index is -1.51. The molecule has 9 nitrogen and oxygen atoms in total. The monoisotopic (exact) mass is 557 g/mol. The number of hydrogen-bond acceptors (Lipinski definition) is 9. The number of aliphatic hydroxyl groups is 3. The maximum atomic E-state index is 13.9. The molecule has 0 radical (unpaired) electrons. The minimum absolute atomic E-state index is 0.235. The quantitative estimate of drug-likeness (QED) is 0.429. The number of hydrogen-bond donors (Lipinski definition) is 3. The zero-order valence-corrected chi connectivity index (χ0v) is 23.9. The number of benzene rings is 1. The largest absolute Gasteiger partial charge is 0.454 e. The lowest BCUT2D eigenvalue weighted by Gasteiger charge is -2.71. The predicted molar refractivity (Wildman–Crippen MR) is 143 cm³/mol. The van der Waals surface area contributed by atoms with Gasteiger partial charge in [0.15, 0.2) is 0 Å². The molecule has 1 aliphatic heterocycles. The van der Waals surface area contributed by atoms with Crippen LogP contribution in [0, 0.1) is 34.5 Å². The van der Waals surface area contributed by atoms with Gasteiger partial charge in [-0.15, -0.1) is 0 Å². The summed E-state index contributed by atoms with van der Waals surface area (Å²) in [5.41, 5.74) is -3.69. The average Bonchev–Trinajstić information content (AvgIpc) is 3.33. The van der Waals surface area contributed by atoms with Crippen molar-refractivity contribution < 1.29 is 39.1 Å². The Hall–Kier alpha value is -1.59. The minimum Gasteiger partial charge on any atom is -0.454 e. The second-order valence-electron chi connectivity index (χ2n) is 13.4. The van der Waals surface area contributed by atoms with Crippen LogP contribution in [0.15, 0.2) is 30.3 Å². The van der Waals surface area contributed by atoms with E-state index in [1.165, 1.54) is 0 Å². The van der Waals surface area contributed by atoms with Crippen LogP contribution in [0.1, 0.15) is 43.0 Å². The van der Waals surface area contributed by atoms with Crippen LogP contribution in [0.25, 0.3) is 0 Å². The first-order valence-electron chi connectivity index (χ1n) is 14.9. The summed E-state index contributed by atoms with van der Waals surface area (Å²) in [5, 5.41) is 37.5. The number of aliphatic hydroxyl groups excluding tert-OH is 2. The fourth-order valence-corrected chi connectivity index (χ4v) is 11.7. The third-order valence-electron chi connectivity index (χ3n) is 12.4. The van der Waals surface area contributed by atoms with Crippen LogP contribution in [0.2, 0.25) is 0 Å². The van der Waals surface area contributed by atoms with Gasteiger partial charge in [0, 0.05) is 68.9 Å². The van der Waals surface area contributed by atoms with E-state index in [0.717, 1.165) is 13.0 Å². The molecular formula is C31H43NO8. The van der Waals surface area contributed by atoms with Gasteiger partial charge in [-0.3, -0.25) is 4.90 Å². The molecule has 220 valence electrons. The van der Waals surface area contributed by atoms with Crippen LogP contribution >= 0.6 is 0 Å². The van der Waals surface area contributed by atoms with Gasteiger partial charge in [-0.05, 0) is 37.9 Å². The van der Waals surface area contributed by atoms with E-state index in [9.17, 15) is 20.1 Å². The summed E-state index contributed by atoms with van der Waals surface area (Å²) in [5.74, 6) is -2.22. The molecule has 5 saturated carbocycles. The molecule has 6 fully saturated rings. The highest BCUT2D eigenvalue weighted by molar-refractivity contribution is 5.89. The van der Waals surface area contributed by atoms with Crippen molar-refractivity contribution in [3.8, 4) is 0 Å². The van der Waals surface area contributed by atoms with Gasteiger partial charge in [-0.1, -0.05) is 25.1 Å². The van der Waals surface area contributed by atoms with Crippen molar-refractivity contribution in [3.05, 3.63) is 35.9 Å². The number of methoxy groups -OCH3 is 3. The number of piperidine rings is 1. The van der Waals surface area contributed by atoms with Crippen LogP contribution in [0.4, 0.5) is 0 Å². The van der Waals surface area contributed by atoms with Gasteiger partial charge in [0.1, 0.15) is 5.60 Å². The van der Waals surface area contributed by atoms with E-state index in [-0.39, 0.29) is 29.7 Å². The van der Waals surface area contributed by atoms with E-state index in [1.807, 2.05) is 6.07 Å². The first-order chi connectivity index (χ1) is 19.2. The Morgan fingerprint density at radius 1 is 1.07 bits per heavy atom. The zero-order valence-electron chi connectivity index (χ0n) is 23.9. The Kier molecular flexibility index (Phi) is 6.10. The van der Waals surface area contributed by atoms with Crippen molar-refractivity contribution in [2.24, 2.45) is 34.5 Å². The van der Waals surface area contributed by atoms with Gasteiger partial charge in [-0.25, -0.2) is 4.79 Å². The number of fused-ring (bicyclic) bond motifs is 2. The smallest absolute Gasteiger partial charge is 0.338 e. The van der Waals surface area contributed by atoms with Crippen molar-refractivity contribution in [1.82, 2.24) is 4.90 Å². The second kappa shape index (κ2) is 8.96. The fraction of sp³-hybridized carbons (Fsp3) is 0.774. The zero-order chi connectivity index (χ0) is 28.2. The van der Waals surface area contributed by atoms with Crippen molar-refractivity contribution >= 4 is 5.97 Å². The van der Waals surface area contributed by atoms with Crippen LogP contribution < -0.4 is 0 Å². The molecule has 0 unspecified atom stereocenters. The maximum Gasteiger partial charge on any atom is 0.338 e. The molecule has 1 aromatic rings. The van der Waals surface area contributed by atoms with Crippen LogP contribution in [-0.2, 0) is 18.9 Å². The Bertz CT molecular complexity index is 1170. The normalized spacial score (nSPS) is 52.0. The summed E-state index contributed by atoms with van der Waals surface area (Å²) >= 11 is 0. The van der Waals surface area contributed by atoms with Gasteiger partial charge in [0.2, 0.25) is 0 Å². The lowest BCUT2D eigenvalue weighted by atomic mass is 9.41. The maximum absolute atomic E-state index is 13.9. The van der Waals surface area contributed by atoms with E-state index >= 15 is 0 Å². The molecule has 0 aromatic heterocycles. The highest BCUT2D eigenvalue weighted by Gasteiger charge is 2.91. The third kappa shape index (κ3) is 2.90. The highest BCUT2D eigenvalue weighted by Crippen LogP contribution is 2.80. The van der Waals surface area contributed by atoms with E-state index in [4.69, 9.17) is 18.9 Å². The lowest BCUT2D eigenvalue weighted by Crippen LogP contribution is -2.82. The molecule has 3 N–H and O–H groups in total. The number of carbonyl (C=O) groups excluding carboxylic acids is 1. The second-order valence-corrected chi connectivity index (χ2v) is 13.4. The third-order valence-corrected chi connectivity index (χ3v) is 12.4. The molecule has 13 atom stereocenters. The first kappa shape index (κ1) is 27.3. The number of likely N-dealkylation sites (tertiary alicyclic amines) is 1. The highest BCUT2D eigenvalue weighted by atomic mass is 16.6. The first-order valence-corrected chi connectivity index (χ1v) is 14.9. The van der Waals surface area contributed by atoms with E-state index in [0.29, 0.717) is 31.6 Å². The molecule has 1 saturated heterocycles. The molecule has 5 aliphatic carbocycles. The van der Waals surface area contributed by atoms with Gasteiger partial charge in [0.05, 0.1) is 48.1 Å². The van der Waals surface area contributed by atoms with Crippen molar-refractivity contribution in [2.75, 3.05) is 41.0 Å². The molecule has 6 aliphatic rings. The number of rotatable bonds is 7. The molecule has 1 heterocycles. The number of carbonyl (C=O) groups is 1. The van der Waals surface area contributed by atoms with E-state index in [1.54, 1.807) is 45.6 Å². The molecule has 9 heteroatoms. The number of ether oxygens (including phenoxy) is 4. The van der Waals surface area contributed by atoms with Gasteiger partial charge in [0.25, 0.3) is 0 Å². The molecule has 0 amide bonds. The van der Waals surface area contributed by atoms with E-state index in [2.05, 4.69) is 11.8 Å². The Labute approximate surface area is 235 Å². The van der Waals surface area contributed by atoms with Crippen molar-refractivity contribution in [2.45, 2.75) is 74.3 Å². The lowest BCUT2D eigenvalue weighted by molar-refractivity contribution is -0.324. The summed E-state index contributed by atoms with van der Waals surface area (Å²) in [6.45, 7) is 4.04. The fourth-order valence-electron chi connectivity index (χ4n) is 11.7. The standard InChI is InChI=1S/C31H43NO8/c1-5-32-15-28(16-37-2)12-11-20(33)31-25(28)23(39-4)21(26(31)32)29(40-27(35)17-9-7-6-8-10-17)14-19(38-3)18-13-30(31,36)24(29)22(18)34/h6-10,18-26,33-34,36H,5,11-16H2,1-4H3/t18-,19+,20+,21+,22+,23+,24-,25-,26-,28+,29+,30+,31-/m1/s1. The molecule has 1 aromatic carbocycles. The Morgan fingerprint density at radius 2 is 1.82 bits per heavy atom.